The van der Waals surface area contributed by atoms with Gasteiger partial charge < -0.3 is 10.1 Å². The molecule has 0 aliphatic carbocycles. The molecule has 136 valence electrons. The molecule has 0 spiro atoms. The summed E-state index contributed by atoms with van der Waals surface area (Å²) in [6.45, 7) is 1.19. The van der Waals surface area contributed by atoms with Gasteiger partial charge in [-0.3, -0.25) is 40.2 Å². The van der Waals surface area contributed by atoms with Crippen LogP contribution in [-0.4, -0.2) is 38.0 Å². The van der Waals surface area contributed by atoms with Crippen molar-refractivity contribution in [3.8, 4) is 5.88 Å². The van der Waals surface area contributed by atoms with Crippen molar-refractivity contribution in [2.75, 3.05) is 12.4 Å². The lowest BCUT2D eigenvalue weighted by molar-refractivity contribution is -0.395. The van der Waals surface area contributed by atoms with E-state index in [0.29, 0.717) is 0 Å². The Balaban J connectivity index is 2.47. The fourth-order valence-electron chi connectivity index (χ4n) is 2.12. The molecule has 0 aliphatic heterocycles. The van der Waals surface area contributed by atoms with Crippen LogP contribution in [0.25, 0.3) is 0 Å². The summed E-state index contributed by atoms with van der Waals surface area (Å²) in [6, 6.07) is 1.80. The first-order valence-corrected chi connectivity index (χ1v) is 6.68. The van der Waals surface area contributed by atoms with Gasteiger partial charge in [-0.15, -0.1) is 5.10 Å². The number of hydrogen-bond acceptors (Lipinski definition) is 9. The number of carbonyl (C=O) groups is 1. The molecular formula is C12H10N6O8. The van der Waals surface area contributed by atoms with Crippen LogP contribution in [0.2, 0.25) is 0 Å². The molecule has 14 nitrogen and oxygen atoms in total. The molecule has 1 aromatic carbocycles. The number of anilines is 1. The Hall–Kier alpha value is -4.10. The first-order valence-electron chi connectivity index (χ1n) is 6.68. The van der Waals surface area contributed by atoms with E-state index in [1.165, 1.54) is 6.92 Å². The summed E-state index contributed by atoms with van der Waals surface area (Å²) in [4.78, 5) is 42.8. The molecule has 0 aliphatic rings. The third-order valence-corrected chi connectivity index (χ3v) is 3.32. The Labute approximate surface area is 143 Å². The zero-order chi connectivity index (χ0) is 19.6. The number of carbonyl (C=O) groups excluding carboxylic acids is 1. The predicted octanol–water partition coefficient (Wildman–Crippen LogP) is 1.70. The van der Waals surface area contributed by atoms with E-state index in [4.69, 9.17) is 0 Å². The molecule has 1 amide bonds. The van der Waals surface area contributed by atoms with Gasteiger partial charge in [-0.1, -0.05) is 0 Å². The lowest BCUT2D eigenvalue weighted by Crippen LogP contribution is -2.15. The molecule has 14 heteroatoms. The highest BCUT2D eigenvalue weighted by Crippen LogP contribution is 2.33. The van der Waals surface area contributed by atoms with Gasteiger partial charge in [0.1, 0.15) is 5.56 Å². The fraction of sp³-hybridized carbons (Fsp3) is 0.167. The summed E-state index contributed by atoms with van der Waals surface area (Å²) < 4.78 is 4.66. The highest BCUT2D eigenvalue weighted by Gasteiger charge is 2.31. The van der Waals surface area contributed by atoms with E-state index in [2.05, 4.69) is 20.3 Å². The van der Waals surface area contributed by atoms with E-state index in [1.54, 1.807) is 0 Å². The number of nitrogens with zero attached hydrogens (tertiary/aromatic N) is 4. The van der Waals surface area contributed by atoms with E-state index in [0.717, 1.165) is 19.2 Å². The molecule has 0 fully saturated rings. The van der Waals surface area contributed by atoms with Crippen LogP contribution in [0.5, 0.6) is 5.88 Å². The smallest absolute Gasteiger partial charge is 0.362 e. The van der Waals surface area contributed by atoms with Gasteiger partial charge in [0.2, 0.25) is 5.69 Å². The molecule has 2 N–H and O–H groups in total. The maximum Gasteiger partial charge on any atom is 0.362 e. The molecule has 0 atom stereocenters. The summed E-state index contributed by atoms with van der Waals surface area (Å²) in [5, 5.41) is 40.8. The summed E-state index contributed by atoms with van der Waals surface area (Å²) in [6.07, 6.45) is 0. The van der Waals surface area contributed by atoms with Crippen LogP contribution in [0.1, 0.15) is 16.1 Å². The van der Waals surface area contributed by atoms with Crippen LogP contribution in [0, 0.1) is 37.3 Å². The number of H-pyrrole nitrogens is 1. The van der Waals surface area contributed by atoms with Crippen LogP contribution in [-0.2, 0) is 0 Å². The van der Waals surface area contributed by atoms with Crippen molar-refractivity contribution in [3.05, 3.63) is 53.7 Å². The number of nitro groups is 3. The van der Waals surface area contributed by atoms with Crippen LogP contribution in [0.3, 0.4) is 0 Å². The standard InChI is InChI=1S/C12H10N6O8/c1-5-7(16(20)21)3-6(4-8(5)17(22)23)13-11(19)9-10(18(24)25)12(26-2)15-14-9/h3-4H,1-2H3,(H,13,19)(H,14,15). The van der Waals surface area contributed by atoms with Crippen LogP contribution < -0.4 is 10.1 Å². The van der Waals surface area contributed by atoms with E-state index >= 15 is 0 Å². The van der Waals surface area contributed by atoms with Crippen LogP contribution in [0.4, 0.5) is 22.7 Å². The van der Waals surface area contributed by atoms with Gasteiger partial charge in [-0.2, -0.15) is 0 Å². The maximum absolute atomic E-state index is 12.2. The molecule has 0 bridgehead atoms. The average Bonchev–Trinajstić information content (AvgIpc) is 3.00. The number of ether oxygens (including phenoxy) is 1. The van der Waals surface area contributed by atoms with Gasteiger partial charge >= 0.3 is 11.6 Å². The normalized spacial score (nSPS) is 10.2. The van der Waals surface area contributed by atoms with Crippen molar-refractivity contribution >= 4 is 28.7 Å². The first kappa shape index (κ1) is 18.2. The third-order valence-electron chi connectivity index (χ3n) is 3.32. The van der Waals surface area contributed by atoms with Crippen LogP contribution >= 0.6 is 0 Å². The van der Waals surface area contributed by atoms with Crippen molar-refractivity contribution in [1.29, 1.82) is 0 Å². The van der Waals surface area contributed by atoms with Gasteiger partial charge in [-0.05, 0) is 6.92 Å². The number of methoxy groups -OCH3 is 1. The Morgan fingerprint density at radius 3 is 2.08 bits per heavy atom. The van der Waals surface area contributed by atoms with Crippen LogP contribution in [0.15, 0.2) is 12.1 Å². The maximum atomic E-state index is 12.2. The van der Waals surface area contributed by atoms with E-state index in [1.807, 2.05) is 0 Å². The fourth-order valence-corrected chi connectivity index (χ4v) is 2.12. The molecule has 2 aromatic rings. The molecule has 0 saturated heterocycles. The topological polar surface area (TPSA) is 196 Å². The highest BCUT2D eigenvalue weighted by molar-refractivity contribution is 6.06. The zero-order valence-electron chi connectivity index (χ0n) is 13.2. The number of rotatable bonds is 6. The lowest BCUT2D eigenvalue weighted by Gasteiger charge is -2.06. The van der Waals surface area contributed by atoms with Gasteiger partial charge in [0.15, 0.2) is 0 Å². The molecule has 0 saturated carbocycles. The minimum absolute atomic E-state index is 0.202. The lowest BCUT2D eigenvalue weighted by atomic mass is 10.1. The van der Waals surface area contributed by atoms with E-state index in [-0.39, 0.29) is 11.3 Å². The number of nitrogens with one attached hydrogen (secondary N) is 2. The minimum atomic E-state index is -1.08. The SMILES string of the molecule is COc1n[nH]c(C(=O)Nc2cc([N+](=O)[O-])c(C)c([N+](=O)[O-])c2)c1[N+](=O)[O-]. The quantitative estimate of drug-likeness (QED) is 0.564. The Morgan fingerprint density at radius 2 is 1.65 bits per heavy atom. The van der Waals surface area contributed by atoms with E-state index < -0.39 is 49.3 Å². The van der Waals surface area contributed by atoms with Gasteiger partial charge in [0.25, 0.3) is 17.3 Å². The summed E-state index contributed by atoms with van der Waals surface area (Å²) >= 11 is 0. The predicted molar refractivity (Wildman–Crippen MR) is 84.2 cm³/mol. The molecule has 26 heavy (non-hydrogen) atoms. The van der Waals surface area contributed by atoms with Gasteiger partial charge in [0, 0.05) is 12.1 Å². The molecule has 0 radical (unpaired) electrons. The number of amides is 1. The Bertz CT molecular complexity index is 901. The monoisotopic (exact) mass is 366 g/mol. The third kappa shape index (κ3) is 3.23. The number of aromatic nitrogens is 2. The Morgan fingerprint density at radius 1 is 1.12 bits per heavy atom. The number of hydrogen-bond donors (Lipinski definition) is 2. The number of nitro benzene ring substituents is 2. The van der Waals surface area contributed by atoms with Crippen molar-refractivity contribution in [2.45, 2.75) is 6.92 Å². The van der Waals surface area contributed by atoms with Crippen molar-refractivity contribution in [1.82, 2.24) is 10.2 Å². The average molecular weight is 366 g/mol. The second-order valence-corrected chi connectivity index (χ2v) is 4.82. The second-order valence-electron chi connectivity index (χ2n) is 4.82. The van der Waals surface area contributed by atoms with Gasteiger partial charge in [-0.25, -0.2) is 0 Å². The summed E-state index contributed by atoms with van der Waals surface area (Å²) in [5.41, 5.74) is -3.01. The first-order chi connectivity index (χ1) is 12.2. The number of aromatic amines is 1. The zero-order valence-corrected chi connectivity index (χ0v) is 13.2. The highest BCUT2D eigenvalue weighted by atomic mass is 16.6. The van der Waals surface area contributed by atoms with Crippen molar-refractivity contribution in [2.24, 2.45) is 0 Å². The molecular weight excluding hydrogens is 356 g/mol. The molecule has 1 heterocycles. The van der Waals surface area contributed by atoms with Gasteiger partial charge in [0.05, 0.1) is 27.6 Å². The molecule has 2 rings (SSSR count). The summed E-state index contributed by atoms with van der Waals surface area (Å²) in [5.74, 6) is -1.53. The second kappa shape index (κ2) is 6.80. The Kier molecular flexibility index (Phi) is 4.77. The number of benzene rings is 1. The molecule has 1 aromatic heterocycles. The van der Waals surface area contributed by atoms with Crippen molar-refractivity contribution in [3.63, 3.8) is 0 Å². The largest absolute Gasteiger partial charge is 0.475 e. The minimum Gasteiger partial charge on any atom is -0.475 e. The van der Waals surface area contributed by atoms with Crippen molar-refractivity contribution < 1.29 is 24.3 Å². The summed E-state index contributed by atoms with van der Waals surface area (Å²) in [7, 11) is 1.11. The molecule has 0 unspecified atom stereocenters. The van der Waals surface area contributed by atoms with E-state index in [9.17, 15) is 35.1 Å².